The van der Waals surface area contributed by atoms with E-state index >= 15 is 0 Å². The minimum atomic E-state index is -3.51. The van der Waals surface area contributed by atoms with Crippen LogP contribution < -0.4 is 4.80 Å². The predicted molar refractivity (Wildman–Crippen MR) is 122 cm³/mol. The van der Waals surface area contributed by atoms with Gasteiger partial charge >= 0.3 is 5.97 Å². The van der Waals surface area contributed by atoms with Gasteiger partial charge in [0.15, 0.2) is 4.80 Å². The van der Waals surface area contributed by atoms with E-state index in [9.17, 15) is 18.0 Å². The fourth-order valence-corrected chi connectivity index (χ4v) is 5.95. The number of rotatable bonds is 8. The Morgan fingerprint density at radius 3 is 2.69 bits per heavy atom. The van der Waals surface area contributed by atoms with E-state index in [1.54, 1.807) is 25.1 Å². The molecule has 1 amide bonds. The summed E-state index contributed by atoms with van der Waals surface area (Å²) in [6.45, 7) is 5.72. The zero-order valence-electron chi connectivity index (χ0n) is 18.6. The van der Waals surface area contributed by atoms with Gasteiger partial charge in [-0.3, -0.25) is 4.79 Å². The molecule has 1 atom stereocenters. The van der Waals surface area contributed by atoms with Crippen LogP contribution in [0.4, 0.5) is 0 Å². The van der Waals surface area contributed by atoms with E-state index in [1.807, 2.05) is 11.5 Å². The second-order valence-corrected chi connectivity index (χ2v) is 10.4. The Kier molecular flexibility index (Phi) is 8.21. The molecular formula is C21H29N3O6S2. The van der Waals surface area contributed by atoms with Crippen molar-refractivity contribution in [2.75, 3.05) is 32.6 Å². The highest BCUT2D eigenvalue weighted by Crippen LogP contribution is 2.22. The molecule has 0 saturated carbocycles. The Bertz CT molecular complexity index is 1150. The third kappa shape index (κ3) is 5.64. The standard InChI is InChI=1S/C21H29N3O6S2/c1-4-29-13-12-23-16-10-9-15(20(26)30-5-2)14-18(16)31-21(23)22-19(25)17-8-6-7-11-24(17)32(3,27)28/h9-10,14,17H,4-8,11-13H2,1-3H3. The lowest BCUT2D eigenvalue weighted by Crippen LogP contribution is -2.47. The van der Waals surface area contributed by atoms with E-state index < -0.39 is 27.9 Å². The highest BCUT2D eigenvalue weighted by Gasteiger charge is 2.34. The first-order chi connectivity index (χ1) is 15.3. The van der Waals surface area contributed by atoms with Gasteiger partial charge in [0.2, 0.25) is 10.0 Å². The molecule has 1 unspecified atom stereocenters. The molecule has 0 radical (unpaired) electrons. The van der Waals surface area contributed by atoms with Gasteiger partial charge in [-0.25, -0.2) is 13.2 Å². The van der Waals surface area contributed by atoms with Crippen LogP contribution >= 0.6 is 11.3 Å². The lowest BCUT2D eigenvalue weighted by atomic mass is 10.0. The molecule has 0 bridgehead atoms. The minimum absolute atomic E-state index is 0.281. The van der Waals surface area contributed by atoms with E-state index in [-0.39, 0.29) is 6.61 Å². The monoisotopic (exact) mass is 483 g/mol. The van der Waals surface area contributed by atoms with Crippen LogP contribution in [0.2, 0.25) is 0 Å². The van der Waals surface area contributed by atoms with Crippen molar-refractivity contribution in [2.45, 2.75) is 45.7 Å². The number of aromatic nitrogens is 1. The predicted octanol–water partition coefficient (Wildman–Crippen LogP) is 2.16. The van der Waals surface area contributed by atoms with E-state index in [0.29, 0.717) is 43.1 Å². The van der Waals surface area contributed by atoms with Crippen molar-refractivity contribution in [2.24, 2.45) is 4.99 Å². The summed E-state index contributed by atoms with van der Waals surface area (Å²) in [4.78, 5) is 30.0. The summed E-state index contributed by atoms with van der Waals surface area (Å²) in [5.41, 5.74) is 1.24. The molecule has 1 aliphatic heterocycles. The number of carbonyl (C=O) groups is 2. The molecule has 32 heavy (non-hydrogen) atoms. The topological polar surface area (TPSA) is 107 Å². The summed E-state index contributed by atoms with van der Waals surface area (Å²) in [5, 5.41) is 0. The summed E-state index contributed by atoms with van der Waals surface area (Å²) in [7, 11) is -3.51. The van der Waals surface area contributed by atoms with Gasteiger partial charge in [0.1, 0.15) is 6.04 Å². The van der Waals surface area contributed by atoms with Gasteiger partial charge in [0, 0.05) is 19.7 Å². The summed E-state index contributed by atoms with van der Waals surface area (Å²) in [6.07, 6.45) is 3.08. The van der Waals surface area contributed by atoms with E-state index in [1.165, 1.54) is 15.6 Å². The average molecular weight is 484 g/mol. The fourth-order valence-electron chi connectivity index (χ4n) is 3.73. The highest BCUT2D eigenvalue weighted by molar-refractivity contribution is 7.88. The van der Waals surface area contributed by atoms with Crippen molar-refractivity contribution in [3.8, 4) is 0 Å². The van der Waals surface area contributed by atoms with Crippen molar-refractivity contribution in [3.63, 3.8) is 0 Å². The zero-order valence-corrected chi connectivity index (χ0v) is 20.2. The molecule has 1 aromatic heterocycles. The maximum Gasteiger partial charge on any atom is 0.338 e. The second kappa shape index (κ2) is 10.7. The van der Waals surface area contributed by atoms with Crippen molar-refractivity contribution in [1.29, 1.82) is 0 Å². The largest absolute Gasteiger partial charge is 0.462 e. The number of amides is 1. The number of esters is 1. The molecule has 0 N–H and O–H groups in total. The Morgan fingerprint density at radius 2 is 2.00 bits per heavy atom. The summed E-state index contributed by atoms with van der Waals surface area (Å²) in [6, 6.07) is 4.42. The number of hydrogen-bond donors (Lipinski definition) is 0. The number of benzene rings is 1. The lowest BCUT2D eigenvalue weighted by molar-refractivity contribution is -0.122. The van der Waals surface area contributed by atoms with Crippen LogP contribution in [-0.2, 0) is 30.8 Å². The molecule has 176 valence electrons. The summed E-state index contributed by atoms with van der Waals surface area (Å²) in [5.74, 6) is -0.887. The molecule has 11 heteroatoms. The number of fused-ring (bicyclic) bond motifs is 1. The Morgan fingerprint density at radius 1 is 1.22 bits per heavy atom. The molecule has 1 fully saturated rings. The maximum absolute atomic E-state index is 13.1. The fraction of sp³-hybridized carbons (Fsp3) is 0.571. The van der Waals surface area contributed by atoms with Gasteiger partial charge in [0.25, 0.3) is 5.91 Å². The number of sulfonamides is 1. The second-order valence-electron chi connectivity index (χ2n) is 7.47. The van der Waals surface area contributed by atoms with Crippen LogP contribution in [0.15, 0.2) is 23.2 Å². The molecular weight excluding hydrogens is 454 g/mol. The van der Waals surface area contributed by atoms with Gasteiger partial charge in [-0.2, -0.15) is 9.30 Å². The number of hydrogen-bond acceptors (Lipinski definition) is 7. The number of carbonyl (C=O) groups excluding carboxylic acids is 2. The third-order valence-corrected chi connectivity index (χ3v) is 7.56. The van der Waals surface area contributed by atoms with E-state index in [0.717, 1.165) is 29.3 Å². The number of ether oxygens (including phenoxy) is 2. The highest BCUT2D eigenvalue weighted by atomic mass is 32.2. The van der Waals surface area contributed by atoms with Crippen LogP contribution in [0.3, 0.4) is 0 Å². The Hall–Kier alpha value is -2.08. The third-order valence-electron chi connectivity index (χ3n) is 5.23. The lowest BCUT2D eigenvalue weighted by Gasteiger charge is -2.31. The van der Waals surface area contributed by atoms with Crippen molar-refractivity contribution in [1.82, 2.24) is 8.87 Å². The van der Waals surface area contributed by atoms with Crippen molar-refractivity contribution >= 4 is 43.5 Å². The van der Waals surface area contributed by atoms with Gasteiger partial charge in [0.05, 0.1) is 35.2 Å². The van der Waals surface area contributed by atoms with Crippen LogP contribution in [0, 0.1) is 0 Å². The average Bonchev–Trinajstić information content (AvgIpc) is 3.09. The minimum Gasteiger partial charge on any atom is -0.462 e. The van der Waals surface area contributed by atoms with Gasteiger partial charge in [-0.15, -0.1) is 0 Å². The molecule has 0 spiro atoms. The summed E-state index contributed by atoms with van der Waals surface area (Å²) >= 11 is 1.28. The van der Waals surface area contributed by atoms with Gasteiger partial charge < -0.3 is 14.0 Å². The zero-order chi connectivity index (χ0) is 23.3. The van der Waals surface area contributed by atoms with Gasteiger partial charge in [-0.05, 0) is 44.9 Å². The molecule has 1 aromatic carbocycles. The molecule has 3 rings (SSSR count). The molecule has 2 aromatic rings. The smallest absolute Gasteiger partial charge is 0.338 e. The van der Waals surface area contributed by atoms with Crippen LogP contribution in [-0.4, -0.2) is 67.8 Å². The van der Waals surface area contributed by atoms with Crippen LogP contribution in [0.1, 0.15) is 43.5 Å². The number of nitrogens with zero attached hydrogens (tertiary/aromatic N) is 3. The maximum atomic E-state index is 13.1. The quantitative estimate of drug-likeness (QED) is 0.421. The first-order valence-electron chi connectivity index (χ1n) is 10.7. The first kappa shape index (κ1) is 24.6. The molecule has 2 heterocycles. The molecule has 1 aliphatic rings. The van der Waals surface area contributed by atoms with Crippen LogP contribution in [0.25, 0.3) is 10.2 Å². The van der Waals surface area contributed by atoms with Crippen molar-refractivity contribution < 1.29 is 27.5 Å². The van der Waals surface area contributed by atoms with Crippen LogP contribution in [0.5, 0.6) is 0 Å². The van der Waals surface area contributed by atoms with E-state index in [2.05, 4.69) is 4.99 Å². The Balaban J connectivity index is 2.03. The summed E-state index contributed by atoms with van der Waals surface area (Å²) < 4.78 is 38.8. The SMILES string of the molecule is CCOCCn1c(=NC(=O)C2CCCCN2S(C)(=O)=O)sc2cc(C(=O)OCC)ccc21. The molecule has 9 nitrogen and oxygen atoms in total. The van der Waals surface area contributed by atoms with E-state index in [4.69, 9.17) is 9.47 Å². The van der Waals surface area contributed by atoms with Crippen molar-refractivity contribution in [3.05, 3.63) is 28.6 Å². The Labute approximate surface area is 191 Å². The normalized spacial score (nSPS) is 18.2. The van der Waals surface area contributed by atoms with Gasteiger partial charge in [-0.1, -0.05) is 17.8 Å². The number of thiazole rings is 1. The molecule has 1 saturated heterocycles. The first-order valence-corrected chi connectivity index (χ1v) is 13.4. The number of piperidine rings is 1. The molecule has 0 aliphatic carbocycles.